The van der Waals surface area contributed by atoms with Gasteiger partial charge in [-0.1, -0.05) is 6.07 Å². The van der Waals surface area contributed by atoms with E-state index in [1.807, 2.05) is 12.1 Å². The highest BCUT2D eigenvalue weighted by Gasteiger charge is 2.11. The van der Waals surface area contributed by atoms with Crippen LogP contribution in [0.25, 0.3) is 0 Å². The van der Waals surface area contributed by atoms with E-state index >= 15 is 0 Å². The Labute approximate surface area is 148 Å². The van der Waals surface area contributed by atoms with Crippen molar-refractivity contribution in [1.82, 2.24) is 0 Å². The zero-order chi connectivity index (χ0) is 17.6. The summed E-state index contributed by atoms with van der Waals surface area (Å²) >= 11 is 0. The quantitative estimate of drug-likeness (QED) is 0.890. The number of nitrogens with one attached hydrogen (secondary N) is 2. The summed E-state index contributed by atoms with van der Waals surface area (Å²) in [5, 5.41) is 5.58. The monoisotopic (exact) mass is 337 g/mol. The lowest BCUT2D eigenvalue weighted by atomic mass is 10.1. The highest BCUT2D eigenvalue weighted by Crippen LogP contribution is 2.22. The average molecular weight is 337 g/mol. The van der Waals surface area contributed by atoms with E-state index in [0.29, 0.717) is 11.3 Å². The van der Waals surface area contributed by atoms with Gasteiger partial charge in [0.2, 0.25) is 5.91 Å². The minimum absolute atomic E-state index is 0.161. The maximum absolute atomic E-state index is 12.4. The van der Waals surface area contributed by atoms with Crippen LogP contribution in [0.3, 0.4) is 0 Å². The minimum Gasteiger partial charge on any atom is -0.372 e. The highest BCUT2D eigenvalue weighted by atomic mass is 16.2. The maximum Gasteiger partial charge on any atom is 0.255 e. The molecule has 2 N–H and O–H groups in total. The van der Waals surface area contributed by atoms with Gasteiger partial charge in [0.1, 0.15) is 0 Å². The van der Waals surface area contributed by atoms with E-state index in [1.165, 1.54) is 31.9 Å². The fourth-order valence-electron chi connectivity index (χ4n) is 3.05. The lowest BCUT2D eigenvalue weighted by Crippen LogP contribution is -2.29. The van der Waals surface area contributed by atoms with Crippen molar-refractivity contribution < 1.29 is 9.59 Å². The standard InChI is InChI=1S/C20H23N3O2/c1-15(24)21-18-7-5-6-16(14-18)20(25)22-17-8-10-19(11-9-17)23-12-3-2-4-13-23/h5-11,14H,2-4,12-13H2,1H3,(H,21,24)(H,22,25). The number of carbonyl (C=O) groups excluding carboxylic acids is 2. The van der Waals surface area contributed by atoms with Gasteiger partial charge in [-0.3, -0.25) is 9.59 Å². The number of anilines is 3. The van der Waals surface area contributed by atoms with Crippen molar-refractivity contribution in [2.24, 2.45) is 0 Å². The third-order valence-electron chi connectivity index (χ3n) is 4.29. The Morgan fingerprint density at radius 1 is 0.880 bits per heavy atom. The molecule has 0 radical (unpaired) electrons. The van der Waals surface area contributed by atoms with Gasteiger partial charge in [0, 0.05) is 42.6 Å². The molecule has 0 spiro atoms. The summed E-state index contributed by atoms with van der Waals surface area (Å²) < 4.78 is 0. The fraction of sp³-hybridized carbons (Fsp3) is 0.300. The predicted octanol–water partition coefficient (Wildman–Crippen LogP) is 3.89. The second-order valence-corrected chi connectivity index (χ2v) is 6.31. The number of rotatable bonds is 4. The second kappa shape index (κ2) is 7.83. The van der Waals surface area contributed by atoms with Gasteiger partial charge in [-0.15, -0.1) is 0 Å². The van der Waals surface area contributed by atoms with Gasteiger partial charge >= 0.3 is 0 Å². The second-order valence-electron chi connectivity index (χ2n) is 6.31. The Kier molecular flexibility index (Phi) is 5.33. The number of carbonyl (C=O) groups is 2. The van der Waals surface area contributed by atoms with Crippen molar-refractivity contribution in [2.45, 2.75) is 26.2 Å². The lowest BCUT2D eigenvalue weighted by molar-refractivity contribution is -0.114. The molecule has 2 aromatic carbocycles. The van der Waals surface area contributed by atoms with Gasteiger partial charge in [-0.05, 0) is 61.7 Å². The molecule has 1 fully saturated rings. The van der Waals surface area contributed by atoms with Crippen LogP contribution >= 0.6 is 0 Å². The SMILES string of the molecule is CC(=O)Nc1cccc(C(=O)Nc2ccc(N3CCCCC3)cc2)c1. The fourth-order valence-corrected chi connectivity index (χ4v) is 3.05. The van der Waals surface area contributed by atoms with Gasteiger partial charge < -0.3 is 15.5 Å². The number of hydrogen-bond acceptors (Lipinski definition) is 3. The summed E-state index contributed by atoms with van der Waals surface area (Å²) in [5.41, 5.74) is 3.08. The number of nitrogens with zero attached hydrogens (tertiary/aromatic N) is 1. The van der Waals surface area contributed by atoms with Crippen LogP contribution in [-0.4, -0.2) is 24.9 Å². The van der Waals surface area contributed by atoms with Crippen LogP contribution in [0.4, 0.5) is 17.1 Å². The van der Waals surface area contributed by atoms with Crippen LogP contribution in [-0.2, 0) is 4.79 Å². The number of amides is 2. The summed E-state index contributed by atoms with van der Waals surface area (Å²) in [7, 11) is 0. The Hall–Kier alpha value is -2.82. The first kappa shape index (κ1) is 17.0. The summed E-state index contributed by atoms with van der Waals surface area (Å²) in [4.78, 5) is 25.9. The molecular formula is C20H23N3O2. The summed E-state index contributed by atoms with van der Waals surface area (Å²) in [6.07, 6.45) is 3.79. The molecule has 0 bridgehead atoms. The van der Waals surface area contributed by atoms with Gasteiger partial charge in [-0.25, -0.2) is 0 Å². The van der Waals surface area contributed by atoms with Gasteiger partial charge in [-0.2, -0.15) is 0 Å². The normalized spacial score (nSPS) is 14.0. The van der Waals surface area contributed by atoms with Gasteiger partial charge in [0.15, 0.2) is 0 Å². The van der Waals surface area contributed by atoms with Crippen LogP contribution < -0.4 is 15.5 Å². The molecule has 0 atom stereocenters. The Morgan fingerprint density at radius 3 is 2.28 bits per heavy atom. The molecule has 1 heterocycles. The Balaban J connectivity index is 1.65. The van der Waals surface area contributed by atoms with Crippen LogP contribution in [0.1, 0.15) is 36.5 Å². The van der Waals surface area contributed by atoms with E-state index in [2.05, 4.69) is 27.7 Å². The molecule has 3 rings (SSSR count). The molecule has 0 aliphatic carbocycles. The largest absolute Gasteiger partial charge is 0.372 e. The zero-order valence-electron chi connectivity index (χ0n) is 14.4. The maximum atomic E-state index is 12.4. The summed E-state index contributed by atoms with van der Waals surface area (Å²) in [6.45, 7) is 3.64. The van der Waals surface area contributed by atoms with E-state index < -0.39 is 0 Å². The van der Waals surface area contributed by atoms with Crippen molar-refractivity contribution in [3.05, 3.63) is 54.1 Å². The predicted molar refractivity (Wildman–Crippen MR) is 101 cm³/mol. The van der Waals surface area contributed by atoms with Crippen molar-refractivity contribution in [3.63, 3.8) is 0 Å². The molecule has 130 valence electrons. The molecule has 0 aromatic heterocycles. The molecule has 1 saturated heterocycles. The first-order valence-electron chi connectivity index (χ1n) is 8.66. The van der Waals surface area contributed by atoms with Crippen molar-refractivity contribution in [2.75, 3.05) is 28.6 Å². The van der Waals surface area contributed by atoms with Crippen LogP contribution in [0.15, 0.2) is 48.5 Å². The van der Waals surface area contributed by atoms with Crippen molar-refractivity contribution >= 4 is 28.9 Å². The number of hydrogen-bond donors (Lipinski definition) is 2. The molecule has 5 nitrogen and oxygen atoms in total. The third kappa shape index (κ3) is 4.59. The molecule has 1 aliphatic heterocycles. The Bertz CT molecular complexity index is 750. The van der Waals surface area contributed by atoms with Gasteiger partial charge in [0.25, 0.3) is 5.91 Å². The summed E-state index contributed by atoms with van der Waals surface area (Å²) in [6, 6.07) is 14.9. The average Bonchev–Trinajstić information content (AvgIpc) is 2.63. The Morgan fingerprint density at radius 2 is 1.60 bits per heavy atom. The van der Waals surface area contributed by atoms with E-state index in [-0.39, 0.29) is 11.8 Å². The molecule has 0 unspecified atom stereocenters. The van der Waals surface area contributed by atoms with E-state index in [4.69, 9.17) is 0 Å². The highest BCUT2D eigenvalue weighted by molar-refractivity contribution is 6.05. The van der Waals surface area contributed by atoms with Crippen molar-refractivity contribution in [3.8, 4) is 0 Å². The number of piperidine rings is 1. The minimum atomic E-state index is -0.196. The lowest BCUT2D eigenvalue weighted by Gasteiger charge is -2.28. The number of benzene rings is 2. The summed E-state index contributed by atoms with van der Waals surface area (Å²) in [5.74, 6) is -0.358. The first-order chi connectivity index (χ1) is 12.1. The molecule has 0 saturated carbocycles. The van der Waals surface area contributed by atoms with Crippen LogP contribution in [0.2, 0.25) is 0 Å². The van der Waals surface area contributed by atoms with E-state index in [1.54, 1.807) is 24.3 Å². The third-order valence-corrected chi connectivity index (χ3v) is 4.29. The molecule has 2 amide bonds. The topological polar surface area (TPSA) is 61.4 Å². The smallest absolute Gasteiger partial charge is 0.255 e. The van der Waals surface area contributed by atoms with E-state index in [9.17, 15) is 9.59 Å². The van der Waals surface area contributed by atoms with Crippen LogP contribution in [0, 0.1) is 0 Å². The zero-order valence-corrected chi connectivity index (χ0v) is 14.4. The molecule has 25 heavy (non-hydrogen) atoms. The van der Waals surface area contributed by atoms with Crippen molar-refractivity contribution in [1.29, 1.82) is 0 Å². The molecule has 1 aliphatic rings. The molecular weight excluding hydrogens is 314 g/mol. The van der Waals surface area contributed by atoms with Gasteiger partial charge in [0.05, 0.1) is 0 Å². The van der Waals surface area contributed by atoms with Crippen LogP contribution in [0.5, 0.6) is 0 Å². The van der Waals surface area contributed by atoms with E-state index in [0.717, 1.165) is 18.8 Å². The molecule has 5 heteroatoms. The molecule has 2 aromatic rings. The first-order valence-corrected chi connectivity index (χ1v) is 8.66.